The molecule has 0 N–H and O–H groups in total. The Morgan fingerprint density at radius 2 is 1.97 bits per heavy atom. The van der Waals surface area contributed by atoms with Crippen molar-refractivity contribution < 1.29 is 26.9 Å². The van der Waals surface area contributed by atoms with Crippen molar-refractivity contribution in [3.05, 3.63) is 29.4 Å². The molecule has 0 saturated heterocycles. The summed E-state index contributed by atoms with van der Waals surface area (Å²) in [6.07, 6.45) is 2.68. The second-order valence-electron chi connectivity index (χ2n) is 7.50. The number of anilines is 1. The summed E-state index contributed by atoms with van der Waals surface area (Å²) in [5, 5.41) is 2.38. The second-order valence-corrected chi connectivity index (χ2v) is 10.0. The minimum atomic E-state index is -3.45. The van der Waals surface area contributed by atoms with Gasteiger partial charge in [0.05, 0.1) is 26.1 Å². The molecule has 0 atom stereocenters. The Kier molecular flexibility index (Phi) is 8.30. The predicted molar refractivity (Wildman–Crippen MR) is 115 cm³/mol. The van der Waals surface area contributed by atoms with E-state index in [2.05, 4.69) is 14.2 Å². The number of carbonyl (C=O) groups excluding carboxylic acids is 1. The van der Waals surface area contributed by atoms with E-state index in [1.807, 2.05) is 44.9 Å². The van der Waals surface area contributed by atoms with Gasteiger partial charge in [-0.2, -0.15) is 8.42 Å². The molecule has 2 aromatic rings. The molecule has 2 rings (SSSR count). The van der Waals surface area contributed by atoms with Crippen LogP contribution in [0.25, 0.3) is 10.6 Å². The monoisotopic (exact) mass is 457 g/mol. The maximum Gasteiger partial charge on any atom is 0.358 e. The zero-order chi connectivity index (χ0) is 22.4. The molecule has 0 amide bonds. The normalized spacial score (nSPS) is 12.0. The molecule has 0 fully saturated rings. The van der Waals surface area contributed by atoms with E-state index in [4.69, 9.17) is 9.47 Å². The summed E-state index contributed by atoms with van der Waals surface area (Å²) in [7, 11) is -1.58. The fourth-order valence-electron chi connectivity index (χ4n) is 2.25. The van der Waals surface area contributed by atoms with Crippen LogP contribution in [0.1, 0.15) is 31.3 Å². The topological polar surface area (TPSA) is 108 Å². The number of hydrogen-bond acceptors (Lipinski definition) is 10. The summed E-state index contributed by atoms with van der Waals surface area (Å²) in [6, 6.07) is 3.71. The number of thiazole rings is 1. The third-order valence-electron chi connectivity index (χ3n) is 3.59. The maximum atomic E-state index is 12.2. The minimum absolute atomic E-state index is 0.0136. The van der Waals surface area contributed by atoms with Gasteiger partial charge in [-0.3, -0.25) is 4.18 Å². The molecular weight excluding hydrogens is 430 g/mol. The Balaban J connectivity index is 1.92. The number of nitrogens with zero attached hydrogens (tertiary/aromatic N) is 3. The predicted octanol–water partition coefficient (Wildman–Crippen LogP) is 2.59. The molecule has 2 aromatic heterocycles. The summed E-state index contributed by atoms with van der Waals surface area (Å²) in [5.74, 6) is 0.269. The lowest BCUT2D eigenvalue weighted by Gasteiger charge is -2.18. The van der Waals surface area contributed by atoms with Gasteiger partial charge in [-0.05, 0) is 32.9 Å². The first-order valence-electron chi connectivity index (χ1n) is 9.23. The van der Waals surface area contributed by atoms with Crippen molar-refractivity contribution in [1.82, 2.24) is 9.97 Å². The van der Waals surface area contributed by atoms with Crippen LogP contribution < -0.4 is 4.90 Å². The van der Waals surface area contributed by atoms with Gasteiger partial charge in [-0.1, -0.05) is 0 Å². The number of pyridine rings is 1. The van der Waals surface area contributed by atoms with Crippen LogP contribution in [0.5, 0.6) is 0 Å². The van der Waals surface area contributed by atoms with E-state index < -0.39 is 21.7 Å². The number of rotatable bonds is 10. The van der Waals surface area contributed by atoms with Gasteiger partial charge in [0.15, 0.2) is 5.69 Å². The summed E-state index contributed by atoms with van der Waals surface area (Å²) in [5.41, 5.74) is 0.544. The van der Waals surface area contributed by atoms with E-state index in [0.717, 1.165) is 17.6 Å². The Labute approximate surface area is 181 Å². The van der Waals surface area contributed by atoms with Gasteiger partial charge in [0.2, 0.25) is 0 Å². The molecule has 0 radical (unpaired) electrons. The summed E-state index contributed by atoms with van der Waals surface area (Å²) in [6.45, 7) is 6.54. The van der Waals surface area contributed by atoms with Crippen molar-refractivity contribution in [3.8, 4) is 10.6 Å². The molecule has 0 bridgehead atoms. The van der Waals surface area contributed by atoms with Crippen molar-refractivity contribution in [3.63, 3.8) is 0 Å². The zero-order valence-electron chi connectivity index (χ0n) is 17.7. The molecule has 11 heteroatoms. The highest BCUT2D eigenvalue weighted by Gasteiger charge is 2.20. The van der Waals surface area contributed by atoms with E-state index in [1.165, 1.54) is 11.3 Å². The number of likely N-dealkylation sites (N-methyl/N-ethyl adjacent to an activating group) is 1. The lowest BCUT2D eigenvalue weighted by atomic mass is 10.2. The molecule has 0 aliphatic carbocycles. The number of hydrogen-bond donors (Lipinski definition) is 0. The van der Waals surface area contributed by atoms with E-state index in [1.54, 1.807) is 11.6 Å². The highest BCUT2D eigenvalue weighted by molar-refractivity contribution is 7.85. The SMILES string of the molecule is CN(CCOCCOS(C)(=O)=O)c1cc(-c2nc(C(=O)OC(C)(C)C)cs2)ccn1. The quantitative estimate of drug-likeness (QED) is 0.302. The van der Waals surface area contributed by atoms with Gasteiger partial charge in [0.25, 0.3) is 10.1 Å². The van der Waals surface area contributed by atoms with Crippen molar-refractivity contribution in [2.45, 2.75) is 26.4 Å². The van der Waals surface area contributed by atoms with Gasteiger partial charge in [-0.25, -0.2) is 14.8 Å². The third-order valence-corrected chi connectivity index (χ3v) is 5.08. The van der Waals surface area contributed by atoms with Gasteiger partial charge in [-0.15, -0.1) is 11.3 Å². The lowest BCUT2D eigenvalue weighted by molar-refractivity contribution is 0.00637. The highest BCUT2D eigenvalue weighted by atomic mass is 32.2. The van der Waals surface area contributed by atoms with Crippen molar-refractivity contribution in [2.75, 3.05) is 44.6 Å². The van der Waals surface area contributed by atoms with Crippen LogP contribution in [-0.4, -0.2) is 69.6 Å². The smallest absolute Gasteiger partial charge is 0.358 e. The van der Waals surface area contributed by atoms with Crippen molar-refractivity contribution in [2.24, 2.45) is 0 Å². The van der Waals surface area contributed by atoms with Crippen molar-refractivity contribution in [1.29, 1.82) is 0 Å². The molecule has 2 heterocycles. The summed E-state index contributed by atoms with van der Waals surface area (Å²) >= 11 is 1.36. The van der Waals surface area contributed by atoms with E-state index in [0.29, 0.717) is 18.2 Å². The highest BCUT2D eigenvalue weighted by Crippen LogP contribution is 2.26. The van der Waals surface area contributed by atoms with Crippen LogP contribution in [0.4, 0.5) is 5.82 Å². The zero-order valence-corrected chi connectivity index (χ0v) is 19.4. The number of ether oxygens (including phenoxy) is 2. The molecule has 0 unspecified atom stereocenters. The Bertz CT molecular complexity index is 953. The van der Waals surface area contributed by atoms with E-state index in [-0.39, 0.29) is 18.9 Å². The van der Waals surface area contributed by atoms with Gasteiger partial charge in [0.1, 0.15) is 16.4 Å². The average Bonchev–Trinajstić information content (AvgIpc) is 3.12. The molecule has 9 nitrogen and oxygen atoms in total. The molecule has 0 saturated carbocycles. The van der Waals surface area contributed by atoms with Crippen LogP contribution in [0.15, 0.2) is 23.7 Å². The number of aromatic nitrogens is 2. The fourth-order valence-corrected chi connectivity index (χ4v) is 3.41. The van der Waals surface area contributed by atoms with Crippen LogP contribution in [-0.2, 0) is 23.8 Å². The van der Waals surface area contributed by atoms with Gasteiger partial charge < -0.3 is 14.4 Å². The largest absolute Gasteiger partial charge is 0.455 e. The van der Waals surface area contributed by atoms with Crippen LogP contribution in [0.2, 0.25) is 0 Å². The van der Waals surface area contributed by atoms with E-state index >= 15 is 0 Å². The third kappa shape index (κ3) is 8.34. The standard InChI is InChI=1S/C19H27N3O6S2/c1-19(2,3)28-18(23)15-13-29-17(21-15)14-6-7-20-16(12-14)22(4)8-9-26-10-11-27-30(5,24)25/h6-7,12-13H,8-11H2,1-5H3. The molecule has 166 valence electrons. The maximum absolute atomic E-state index is 12.2. The fraction of sp³-hybridized carbons (Fsp3) is 0.526. The molecule has 0 spiro atoms. The van der Waals surface area contributed by atoms with Gasteiger partial charge in [0, 0.05) is 30.7 Å². The first-order chi connectivity index (χ1) is 13.9. The van der Waals surface area contributed by atoms with Crippen LogP contribution >= 0.6 is 11.3 Å². The molecule has 0 aromatic carbocycles. The van der Waals surface area contributed by atoms with Crippen molar-refractivity contribution >= 4 is 33.2 Å². The molecule has 30 heavy (non-hydrogen) atoms. The Morgan fingerprint density at radius 1 is 1.23 bits per heavy atom. The lowest BCUT2D eigenvalue weighted by Crippen LogP contribution is -2.24. The Hall–Kier alpha value is -2.08. The average molecular weight is 458 g/mol. The minimum Gasteiger partial charge on any atom is -0.455 e. The molecule has 0 aliphatic heterocycles. The van der Waals surface area contributed by atoms with Crippen LogP contribution in [0.3, 0.4) is 0 Å². The first kappa shape index (κ1) is 24.2. The van der Waals surface area contributed by atoms with Crippen LogP contribution in [0, 0.1) is 0 Å². The first-order valence-corrected chi connectivity index (χ1v) is 11.9. The number of esters is 1. The Morgan fingerprint density at radius 3 is 2.63 bits per heavy atom. The molecule has 0 aliphatic rings. The van der Waals surface area contributed by atoms with E-state index in [9.17, 15) is 13.2 Å². The molecular formula is C19H27N3O6S2. The summed E-state index contributed by atoms with van der Waals surface area (Å²) in [4.78, 5) is 22.8. The number of carbonyl (C=O) groups is 1. The second kappa shape index (κ2) is 10.3. The van der Waals surface area contributed by atoms with Gasteiger partial charge >= 0.3 is 5.97 Å². The summed E-state index contributed by atoms with van der Waals surface area (Å²) < 4.78 is 37.1.